The topological polar surface area (TPSA) is 21.3 Å². The fourth-order valence-electron chi connectivity index (χ4n) is 2.43. The largest absolute Gasteiger partial charge is 0.497 e. The van der Waals surface area contributed by atoms with Crippen LogP contribution in [-0.4, -0.2) is 7.11 Å². The van der Waals surface area contributed by atoms with Crippen LogP contribution in [-0.2, 0) is 6.54 Å². The molecule has 100 valence electrons. The number of hydrogen-bond acceptors (Lipinski definition) is 2. The number of anilines is 1. The second-order valence-corrected chi connectivity index (χ2v) is 4.98. The molecule has 1 N–H and O–H groups in total. The van der Waals surface area contributed by atoms with Crippen molar-refractivity contribution in [3.8, 4) is 5.75 Å². The van der Waals surface area contributed by atoms with Gasteiger partial charge in [0, 0.05) is 12.2 Å². The number of rotatable bonds is 4. The molecular weight excluding hydrogens is 234 g/mol. The van der Waals surface area contributed by atoms with E-state index in [1.807, 2.05) is 12.1 Å². The highest BCUT2D eigenvalue weighted by Crippen LogP contribution is 2.23. The monoisotopic (exact) mass is 255 g/mol. The van der Waals surface area contributed by atoms with Crippen molar-refractivity contribution in [2.24, 2.45) is 0 Å². The molecule has 0 aliphatic heterocycles. The highest BCUT2D eigenvalue weighted by atomic mass is 16.5. The van der Waals surface area contributed by atoms with Gasteiger partial charge < -0.3 is 10.1 Å². The molecule has 0 radical (unpaired) electrons. The first kappa shape index (κ1) is 13.5. The van der Waals surface area contributed by atoms with E-state index in [0.29, 0.717) is 0 Å². The van der Waals surface area contributed by atoms with Gasteiger partial charge in [0.15, 0.2) is 0 Å². The Morgan fingerprint density at radius 3 is 2.32 bits per heavy atom. The number of benzene rings is 2. The zero-order valence-electron chi connectivity index (χ0n) is 12.1. The molecule has 0 heterocycles. The lowest BCUT2D eigenvalue weighted by molar-refractivity contribution is 0.414. The molecular formula is C17H21NO. The molecule has 2 aromatic rings. The number of aryl methyl sites for hydroxylation is 3. The van der Waals surface area contributed by atoms with E-state index in [9.17, 15) is 0 Å². The molecule has 0 atom stereocenters. The lowest BCUT2D eigenvalue weighted by Crippen LogP contribution is -2.03. The SMILES string of the molecule is COc1cccc(CNc2c(C)cc(C)cc2C)c1. The predicted octanol–water partition coefficient (Wildman–Crippen LogP) is 4.23. The van der Waals surface area contributed by atoms with Crippen LogP contribution in [0.15, 0.2) is 36.4 Å². The van der Waals surface area contributed by atoms with E-state index < -0.39 is 0 Å². The van der Waals surface area contributed by atoms with Crippen LogP contribution in [0, 0.1) is 20.8 Å². The summed E-state index contributed by atoms with van der Waals surface area (Å²) >= 11 is 0. The molecule has 0 bridgehead atoms. The summed E-state index contributed by atoms with van der Waals surface area (Å²) in [5.74, 6) is 0.900. The van der Waals surface area contributed by atoms with Gasteiger partial charge in [0.1, 0.15) is 5.75 Å². The first-order chi connectivity index (χ1) is 9.10. The van der Waals surface area contributed by atoms with E-state index in [-0.39, 0.29) is 0 Å². The van der Waals surface area contributed by atoms with Crippen molar-refractivity contribution >= 4 is 5.69 Å². The summed E-state index contributed by atoms with van der Waals surface area (Å²) in [6.45, 7) is 7.23. The van der Waals surface area contributed by atoms with Crippen LogP contribution in [0.1, 0.15) is 22.3 Å². The summed E-state index contributed by atoms with van der Waals surface area (Å²) in [4.78, 5) is 0. The minimum atomic E-state index is 0.807. The van der Waals surface area contributed by atoms with Gasteiger partial charge in [-0.3, -0.25) is 0 Å². The molecule has 0 aliphatic carbocycles. The zero-order valence-corrected chi connectivity index (χ0v) is 12.1. The Bertz CT molecular complexity index is 552. The van der Waals surface area contributed by atoms with Crippen molar-refractivity contribution in [1.82, 2.24) is 0 Å². The molecule has 2 rings (SSSR count). The van der Waals surface area contributed by atoms with Crippen LogP contribution in [0.3, 0.4) is 0 Å². The van der Waals surface area contributed by atoms with Gasteiger partial charge in [-0.2, -0.15) is 0 Å². The summed E-state index contributed by atoms with van der Waals surface area (Å²) in [6, 6.07) is 12.6. The standard InChI is InChI=1S/C17H21NO/c1-12-8-13(2)17(14(3)9-12)18-11-15-6-5-7-16(10-15)19-4/h5-10,18H,11H2,1-4H3. The van der Waals surface area contributed by atoms with Crippen molar-refractivity contribution < 1.29 is 4.74 Å². The molecule has 0 fully saturated rings. The average molecular weight is 255 g/mol. The van der Waals surface area contributed by atoms with Crippen molar-refractivity contribution in [2.45, 2.75) is 27.3 Å². The molecule has 0 aromatic heterocycles. The highest BCUT2D eigenvalue weighted by molar-refractivity contribution is 5.58. The van der Waals surface area contributed by atoms with Gasteiger partial charge in [-0.05, 0) is 49.6 Å². The van der Waals surface area contributed by atoms with E-state index in [0.717, 1.165) is 12.3 Å². The van der Waals surface area contributed by atoms with E-state index in [1.54, 1.807) is 7.11 Å². The smallest absolute Gasteiger partial charge is 0.119 e. The normalized spacial score (nSPS) is 10.3. The Kier molecular flexibility index (Phi) is 4.10. The van der Waals surface area contributed by atoms with Gasteiger partial charge in [0.25, 0.3) is 0 Å². The molecule has 2 nitrogen and oxygen atoms in total. The van der Waals surface area contributed by atoms with Crippen LogP contribution >= 0.6 is 0 Å². The van der Waals surface area contributed by atoms with Crippen LogP contribution in [0.2, 0.25) is 0 Å². The number of hydrogen-bond donors (Lipinski definition) is 1. The maximum absolute atomic E-state index is 5.24. The van der Waals surface area contributed by atoms with Crippen molar-refractivity contribution in [2.75, 3.05) is 12.4 Å². The Morgan fingerprint density at radius 2 is 1.68 bits per heavy atom. The van der Waals surface area contributed by atoms with E-state index >= 15 is 0 Å². The van der Waals surface area contributed by atoms with Crippen LogP contribution in [0.5, 0.6) is 5.75 Å². The highest BCUT2D eigenvalue weighted by Gasteiger charge is 2.03. The molecule has 19 heavy (non-hydrogen) atoms. The number of nitrogens with one attached hydrogen (secondary N) is 1. The van der Waals surface area contributed by atoms with E-state index in [2.05, 4.69) is 50.4 Å². The molecule has 0 amide bonds. The number of methoxy groups -OCH3 is 1. The van der Waals surface area contributed by atoms with Gasteiger partial charge in [-0.1, -0.05) is 29.8 Å². The van der Waals surface area contributed by atoms with Crippen molar-refractivity contribution in [3.05, 3.63) is 58.7 Å². The Morgan fingerprint density at radius 1 is 1.00 bits per heavy atom. The number of ether oxygens (including phenoxy) is 1. The maximum atomic E-state index is 5.24. The summed E-state index contributed by atoms with van der Waals surface area (Å²) < 4.78 is 5.24. The third-order valence-corrected chi connectivity index (χ3v) is 3.28. The van der Waals surface area contributed by atoms with Crippen LogP contribution in [0.4, 0.5) is 5.69 Å². The fourth-order valence-corrected chi connectivity index (χ4v) is 2.43. The molecule has 2 heteroatoms. The third-order valence-electron chi connectivity index (χ3n) is 3.28. The molecule has 0 aliphatic rings. The van der Waals surface area contributed by atoms with E-state index in [4.69, 9.17) is 4.74 Å². The van der Waals surface area contributed by atoms with Crippen molar-refractivity contribution in [3.63, 3.8) is 0 Å². The first-order valence-corrected chi connectivity index (χ1v) is 6.55. The van der Waals surface area contributed by atoms with Gasteiger partial charge in [0.2, 0.25) is 0 Å². The quantitative estimate of drug-likeness (QED) is 0.882. The zero-order chi connectivity index (χ0) is 13.8. The van der Waals surface area contributed by atoms with E-state index in [1.165, 1.54) is 27.9 Å². The Balaban J connectivity index is 2.14. The second kappa shape index (κ2) is 5.79. The summed E-state index contributed by atoms with van der Waals surface area (Å²) in [7, 11) is 1.70. The molecule has 2 aromatic carbocycles. The third kappa shape index (κ3) is 3.28. The van der Waals surface area contributed by atoms with Gasteiger partial charge in [0.05, 0.1) is 7.11 Å². The lowest BCUT2D eigenvalue weighted by Gasteiger charge is -2.14. The first-order valence-electron chi connectivity index (χ1n) is 6.55. The summed E-state index contributed by atoms with van der Waals surface area (Å²) in [6.07, 6.45) is 0. The minimum Gasteiger partial charge on any atom is -0.497 e. The fraction of sp³-hybridized carbons (Fsp3) is 0.294. The molecule has 0 saturated heterocycles. The predicted molar refractivity (Wildman–Crippen MR) is 81.0 cm³/mol. The molecule has 0 spiro atoms. The summed E-state index contributed by atoms with van der Waals surface area (Å²) in [5, 5.41) is 3.52. The van der Waals surface area contributed by atoms with Gasteiger partial charge >= 0.3 is 0 Å². The Labute approximate surface area is 115 Å². The summed E-state index contributed by atoms with van der Waals surface area (Å²) in [5.41, 5.74) is 6.34. The van der Waals surface area contributed by atoms with Gasteiger partial charge in [-0.15, -0.1) is 0 Å². The van der Waals surface area contributed by atoms with Crippen molar-refractivity contribution in [1.29, 1.82) is 0 Å². The Hall–Kier alpha value is -1.96. The average Bonchev–Trinajstić information content (AvgIpc) is 2.37. The van der Waals surface area contributed by atoms with Crippen LogP contribution < -0.4 is 10.1 Å². The minimum absolute atomic E-state index is 0.807. The maximum Gasteiger partial charge on any atom is 0.119 e. The van der Waals surface area contributed by atoms with Gasteiger partial charge in [-0.25, -0.2) is 0 Å². The van der Waals surface area contributed by atoms with Crippen LogP contribution in [0.25, 0.3) is 0 Å². The second-order valence-electron chi connectivity index (χ2n) is 4.98. The molecule has 0 saturated carbocycles. The lowest BCUT2D eigenvalue weighted by atomic mass is 10.0. The molecule has 0 unspecified atom stereocenters.